The van der Waals surface area contributed by atoms with E-state index in [2.05, 4.69) is 40.7 Å². The van der Waals surface area contributed by atoms with Gasteiger partial charge in [-0.05, 0) is 106 Å². The molecule has 0 heterocycles. The SMILES string of the molecule is CCC(O)(CC)CCC[C@@H](C)[C@H]1CC[C@H]2[C@@H]3CC=C4CCCC(OC(C)=O)(OC(C)=O)[C@]4(C)[C@H]3CC[C@]12C. The molecule has 0 aromatic rings. The Morgan fingerprint density at radius 2 is 1.71 bits per heavy atom. The first-order valence-corrected chi connectivity index (χ1v) is 15.7. The molecule has 0 aromatic carbocycles. The minimum Gasteiger partial charge on any atom is -0.422 e. The molecule has 4 aliphatic rings. The first-order valence-electron chi connectivity index (χ1n) is 15.7. The molecule has 0 aromatic heterocycles. The molecule has 38 heavy (non-hydrogen) atoms. The number of aliphatic hydroxyl groups is 1. The van der Waals surface area contributed by atoms with Crippen LogP contribution in [0.5, 0.6) is 0 Å². The summed E-state index contributed by atoms with van der Waals surface area (Å²) in [5.41, 5.74) is 0.673. The first kappa shape index (κ1) is 29.6. The van der Waals surface area contributed by atoms with Crippen molar-refractivity contribution in [2.45, 2.75) is 143 Å². The van der Waals surface area contributed by atoms with Gasteiger partial charge >= 0.3 is 11.9 Å². The lowest BCUT2D eigenvalue weighted by Crippen LogP contribution is -2.63. The predicted octanol–water partition coefficient (Wildman–Crippen LogP) is 7.75. The summed E-state index contributed by atoms with van der Waals surface area (Å²) in [6, 6.07) is 0. The van der Waals surface area contributed by atoms with Crippen LogP contribution in [0.2, 0.25) is 0 Å². The van der Waals surface area contributed by atoms with E-state index < -0.39 is 16.8 Å². The van der Waals surface area contributed by atoms with E-state index in [0.29, 0.717) is 41.4 Å². The van der Waals surface area contributed by atoms with E-state index in [4.69, 9.17) is 9.47 Å². The van der Waals surface area contributed by atoms with Crippen molar-refractivity contribution in [2.24, 2.45) is 40.4 Å². The minimum atomic E-state index is -1.20. The summed E-state index contributed by atoms with van der Waals surface area (Å²) in [7, 11) is 0. The van der Waals surface area contributed by atoms with Gasteiger partial charge in [0, 0.05) is 20.3 Å². The van der Waals surface area contributed by atoms with Crippen molar-refractivity contribution in [3.05, 3.63) is 11.6 Å². The molecule has 3 fully saturated rings. The van der Waals surface area contributed by atoms with Crippen LogP contribution in [-0.2, 0) is 19.1 Å². The van der Waals surface area contributed by atoms with E-state index in [9.17, 15) is 14.7 Å². The largest absolute Gasteiger partial charge is 0.422 e. The third-order valence-corrected chi connectivity index (χ3v) is 12.2. The lowest BCUT2D eigenvalue weighted by atomic mass is 9.45. The highest BCUT2D eigenvalue weighted by atomic mass is 16.7. The Kier molecular flexibility index (Phi) is 8.50. The third-order valence-electron chi connectivity index (χ3n) is 12.2. The highest BCUT2D eigenvalue weighted by molar-refractivity contribution is 5.69. The Morgan fingerprint density at radius 3 is 2.32 bits per heavy atom. The predicted molar refractivity (Wildman–Crippen MR) is 150 cm³/mol. The summed E-state index contributed by atoms with van der Waals surface area (Å²) in [5.74, 6) is 0.925. The molecule has 0 radical (unpaired) electrons. The molecule has 0 bridgehead atoms. The van der Waals surface area contributed by atoms with Gasteiger partial charge in [-0.15, -0.1) is 0 Å². The summed E-state index contributed by atoms with van der Waals surface area (Å²) in [6.45, 7) is 14.3. The van der Waals surface area contributed by atoms with E-state index in [0.717, 1.165) is 51.4 Å². The van der Waals surface area contributed by atoms with E-state index >= 15 is 0 Å². The molecule has 3 saturated carbocycles. The zero-order valence-electron chi connectivity index (χ0n) is 25.2. The molecule has 1 N–H and O–H groups in total. The lowest BCUT2D eigenvalue weighted by molar-refractivity contribution is -0.289. The zero-order chi connectivity index (χ0) is 27.9. The number of hydrogen-bond donors (Lipinski definition) is 1. The Labute approximate surface area is 231 Å². The zero-order valence-corrected chi connectivity index (χ0v) is 25.2. The first-order chi connectivity index (χ1) is 17.9. The van der Waals surface area contributed by atoms with Crippen molar-refractivity contribution < 1.29 is 24.2 Å². The van der Waals surface area contributed by atoms with Crippen LogP contribution in [0.4, 0.5) is 0 Å². The molecule has 216 valence electrons. The van der Waals surface area contributed by atoms with Crippen LogP contribution in [0.1, 0.15) is 132 Å². The van der Waals surface area contributed by atoms with Crippen LogP contribution in [0.3, 0.4) is 0 Å². The molecule has 0 unspecified atom stereocenters. The second-order valence-electron chi connectivity index (χ2n) is 13.9. The van der Waals surface area contributed by atoms with Gasteiger partial charge in [0.2, 0.25) is 0 Å². The molecule has 5 nitrogen and oxygen atoms in total. The van der Waals surface area contributed by atoms with Gasteiger partial charge in [-0.1, -0.05) is 52.2 Å². The Morgan fingerprint density at radius 1 is 1.05 bits per heavy atom. The van der Waals surface area contributed by atoms with Gasteiger partial charge < -0.3 is 14.6 Å². The molecular formula is C33H54O5. The van der Waals surface area contributed by atoms with Crippen LogP contribution < -0.4 is 0 Å². The summed E-state index contributed by atoms with van der Waals surface area (Å²) in [6.07, 6.45) is 15.6. The van der Waals surface area contributed by atoms with Crippen molar-refractivity contribution in [3.63, 3.8) is 0 Å². The normalized spacial score (nSPS) is 36.8. The van der Waals surface area contributed by atoms with E-state index in [1.54, 1.807) is 0 Å². The summed E-state index contributed by atoms with van der Waals surface area (Å²) in [5, 5.41) is 10.8. The summed E-state index contributed by atoms with van der Waals surface area (Å²) < 4.78 is 12.1. The molecular weight excluding hydrogens is 476 g/mol. The van der Waals surface area contributed by atoms with Crippen molar-refractivity contribution in [3.8, 4) is 0 Å². The summed E-state index contributed by atoms with van der Waals surface area (Å²) >= 11 is 0. The van der Waals surface area contributed by atoms with Crippen LogP contribution in [0.15, 0.2) is 11.6 Å². The van der Waals surface area contributed by atoms with Crippen LogP contribution in [0.25, 0.3) is 0 Å². The van der Waals surface area contributed by atoms with Gasteiger partial charge in [0.25, 0.3) is 5.79 Å². The number of esters is 2. The second-order valence-corrected chi connectivity index (χ2v) is 13.9. The monoisotopic (exact) mass is 530 g/mol. The topological polar surface area (TPSA) is 72.8 Å². The van der Waals surface area contributed by atoms with Crippen LogP contribution in [0, 0.1) is 40.4 Å². The fourth-order valence-electron chi connectivity index (χ4n) is 10.1. The molecule has 4 rings (SSSR count). The molecule has 7 atom stereocenters. The Balaban J connectivity index is 1.57. The Bertz CT molecular complexity index is 902. The number of hydrogen-bond acceptors (Lipinski definition) is 5. The van der Waals surface area contributed by atoms with Gasteiger partial charge in [-0.25, -0.2) is 0 Å². The highest BCUT2D eigenvalue weighted by Crippen LogP contribution is 2.69. The van der Waals surface area contributed by atoms with Gasteiger partial charge in [0.15, 0.2) is 0 Å². The van der Waals surface area contributed by atoms with Crippen molar-refractivity contribution in [1.82, 2.24) is 0 Å². The second kappa shape index (κ2) is 10.9. The molecule has 0 amide bonds. The van der Waals surface area contributed by atoms with Crippen LogP contribution >= 0.6 is 0 Å². The third kappa shape index (κ3) is 4.88. The molecule has 0 saturated heterocycles. The molecule has 0 spiro atoms. The van der Waals surface area contributed by atoms with Crippen LogP contribution in [-0.4, -0.2) is 28.4 Å². The maximum Gasteiger partial charge on any atom is 0.305 e. The highest BCUT2D eigenvalue weighted by Gasteiger charge is 2.67. The maximum atomic E-state index is 12.4. The van der Waals surface area contributed by atoms with Crippen molar-refractivity contribution >= 4 is 11.9 Å². The fraction of sp³-hybridized carbons (Fsp3) is 0.879. The molecule has 0 aliphatic heterocycles. The van der Waals surface area contributed by atoms with Gasteiger partial charge in [0.05, 0.1) is 11.0 Å². The van der Waals surface area contributed by atoms with Crippen molar-refractivity contribution in [2.75, 3.05) is 0 Å². The number of carbonyl (C=O) groups is 2. The van der Waals surface area contributed by atoms with Gasteiger partial charge in [-0.2, -0.15) is 0 Å². The van der Waals surface area contributed by atoms with Crippen molar-refractivity contribution in [1.29, 1.82) is 0 Å². The van der Waals surface area contributed by atoms with E-state index in [1.165, 1.54) is 45.1 Å². The average molecular weight is 531 g/mol. The molecule has 5 heteroatoms. The minimum absolute atomic E-state index is 0.314. The Hall–Kier alpha value is -1.36. The number of fused-ring (bicyclic) bond motifs is 5. The van der Waals surface area contributed by atoms with E-state index in [1.807, 2.05) is 0 Å². The fourth-order valence-corrected chi connectivity index (χ4v) is 10.1. The molecule has 4 aliphatic carbocycles. The number of carbonyl (C=O) groups excluding carboxylic acids is 2. The summed E-state index contributed by atoms with van der Waals surface area (Å²) in [4.78, 5) is 24.7. The van der Waals surface area contributed by atoms with Gasteiger partial charge in [0.1, 0.15) is 0 Å². The standard InChI is InChI=1S/C33H54O5/c1-8-32(36,9-2)19-10-12-22(3)27-16-17-28-26-15-14-25-13-11-20-33(37-23(4)34,38-24(5)35)31(25,7)29(26)18-21-30(27,28)6/h14,22,26-29,36H,8-13,15-21H2,1-7H3/t22-,26+,27-,28+,29+,30-,31+/m1/s1. The lowest BCUT2D eigenvalue weighted by Gasteiger charge is -2.62. The number of rotatable bonds is 9. The average Bonchev–Trinajstić information content (AvgIpc) is 3.21. The van der Waals surface area contributed by atoms with Gasteiger partial charge in [-0.3, -0.25) is 9.59 Å². The quantitative estimate of drug-likeness (QED) is 0.187. The number of allylic oxidation sites excluding steroid dienone is 1. The smallest absolute Gasteiger partial charge is 0.305 e. The maximum absolute atomic E-state index is 12.4. The van der Waals surface area contributed by atoms with E-state index in [-0.39, 0.29) is 11.9 Å². The number of ether oxygens (including phenoxy) is 2.